The molecule has 112 valence electrons. The Hall–Kier alpha value is -2.14. The van der Waals surface area contributed by atoms with Crippen LogP contribution in [0.3, 0.4) is 0 Å². The number of aromatic hydroxyl groups is 1. The second-order valence-corrected chi connectivity index (χ2v) is 4.68. The summed E-state index contributed by atoms with van der Waals surface area (Å²) in [6, 6.07) is 13.6. The van der Waals surface area contributed by atoms with E-state index in [2.05, 4.69) is 10.1 Å². The van der Waals surface area contributed by atoms with Crippen LogP contribution >= 0.6 is 0 Å². The minimum Gasteiger partial charge on any atom is -0.508 e. The van der Waals surface area contributed by atoms with Gasteiger partial charge in [-0.2, -0.15) is 8.78 Å². The molecule has 1 unspecified atom stereocenters. The monoisotopic (exact) mass is 293 g/mol. The van der Waals surface area contributed by atoms with Crippen LogP contribution in [0.25, 0.3) is 0 Å². The second-order valence-electron chi connectivity index (χ2n) is 4.68. The highest BCUT2D eigenvalue weighted by Crippen LogP contribution is 2.23. The number of rotatable bonds is 6. The molecule has 0 aromatic heterocycles. The molecule has 2 N–H and O–H groups in total. The van der Waals surface area contributed by atoms with Gasteiger partial charge < -0.3 is 15.2 Å². The highest BCUT2D eigenvalue weighted by atomic mass is 19.3. The molecule has 0 fully saturated rings. The van der Waals surface area contributed by atoms with Crippen molar-refractivity contribution >= 4 is 0 Å². The molecule has 0 bridgehead atoms. The van der Waals surface area contributed by atoms with Gasteiger partial charge in [0.15, 0.2) is 0 Å². The van der Waals surface area contributed by atoms with Gasteiger partial charge in [-0.05, 0) is 30.7 Å². The van der Waals surface area contributed by atoms with Gasteiger partial charge in [0.1, 0.15) is 11.5 Å². The maximum Gasteiger partial charge on any atom is 0.387 e. The van der Waals surface area contributed by atoms with Crippen molar-refractivity contribution in [3.8, 4) is 11.5 Å². The Bertz CT molecular complexity index is 573. The van der Waals surface area contributed by atoms with Crippen molar-refractivity contribution in [3.05, 3.63) is 59.7 Å². The number of phenols is 1. The number of alkyl halides is 2. The SMILES string of the molecule is CC(NCc1ccc(OC(F)F)cc1)c1ccccc1O. The van der Waals surface area contributed by atoms with E-state index in [0.29, 0.717) is 6.54 Å². The molecule has 0 saturated heterocycles. The van der Waals surface area contributed by atoms with Crippen LogP contribution in [0.1, 0.15) is 24.1 Å². The summed E-state index contributed by atoms with van der Waals surface area (Å²) in [5, 5.41) is 13.0. The molecule has 3 nitrogen and oxygen atoms in total. The summed E-state index contributed by atoms with van der Waals surface area (Å²) < 4.78 is 28.4. The molecule has 1 atom stereocenters. The van der Waals surface area contributed by atoms with Crippen LogP contribution in [-0.2, 0) is 6.54 Å². The standard InChI is InChI=1S/C16H17F2NO2/c1-11(14-4-2-3-5-15(14)20)19-10-12-6-8-13(9-7-12)21-16(17)18/h2-9,11,16,19-20H,10H2,1H3. The molecular formula is C16H17F2NO2. The van der Waals surface area contributed by atoms with Crippen molar-refractivity contribution in [2.24, 2.45) is 0 Å². The van der Waals surface area contributed by atoms with Gasteiger partial charge in [0.2, 0.25) is 0 Å². The van der Waals surface area contributed by atoms with E-state index < -0.39 is 6.61 Å². The highest BCUT2D eigenvalue weighted by Gasteiger charge is 2.09. The van der Waals surface area contributed by atoms with Crippen LogP contribution in [0.5, 0.6) is 11.5 Å². The number of benzene rings is 2. The maximum atomic E-state index is 12.0. The summed E-state index contributed by atoms with van der Waals surface area (Å²) >= 11 is 0. The van der Waals surface area contributed by atoms with E-state index in [1.807, 2.05) is 19.1 Å². The molecule has 2 aromatic rings. The first-order valence-electron chi connectivity index (χ1n) is 6.61. The molecule has 0 amide bonds. The Morgan fingerprint density at radius 1 is 1.10 bits per heavy atom. The molecule has 21 heavy (non-hydrogen) atoms. The minimum absolute atomic E-state index is 0.0248. The first-order valence-corrected chi connectivity index (χ1v) is 6.61. The van der Waals surface area contributed by atoms with E-state index in [4.69, 9.17) is 0 Å². The van der Waals surface area contributed by atoms with Crippen LogP contribution in [0.4, 0.5) is 8.78 Å². The van der Waals surface area contributed by atoms with Crippen LogP contribution < -0.4 is 10.1 Å². The number of hydrogen-bond donors (Lipinski definition) is 2. The lowest BCUT2D eigenvalue weighted by Crippen LogP contribution is -2.18. The van der Waals surface area contributed by atoms with Crippen LogP contribution in [-0.4, -0.2) is 11.7 Å². The Balaban J connectivity index is 1.92. The minimum atomic E-state index is -2.81. The summed E-state index contributed by atoms with van der Waals surface area (Å²) in [6.45, 7) is -0.302. The smallest absolute Gasteiger partial charge is 0.387 e. The normalized spacial score (nSPS) is 12.4. The lowest BCUT2D eigenvalue weighted by Gasteiger charge is -2.15. The van der Waals surface area contributed by atoms with Crippen molar-refractivity contribution in [2.75, 3.05) is 0 Å². The molecule has 5 heteroatoms. The Kier molecular flexibility index (Phi) is 5.11. The Morgan fingerprint density at radius 2 is 1.76 bits per heavy atom. The molecular weight excluding hydrogens is 276 g/mol. The Morgan fingerprint density at radius 3 is 2.38 bits per heavy atom. The summed E-state index contributed by atoms with van der Waals surface area (Å²) in [6.07, 6.45) is 0. The van der Waals surface area contributed by atoms with Gasteiger partial charge in [-0.3, -0.25) is 0 Å². The lowest BCUT2D eigenvalue weighted by atomic mass is 10.1. The van der Waals surface area contributed by atoms with Gasteiger partial charge in [0.25, 0.3) is 0 Å². The van der Waals surface area contributed by atoms with Gasteiger partial charge in [0.05, 0.1) is 0 Å². The van der Waals surface area contributed by atoms with Gasteiger partial charge in [0, 0.05) is 18.2 Å². The van der Waals surface area contributed by atoms with E-state index in [1.165, 1.54) is 12.1 Å². The van der Waals surface area contributed by atoms with E-state index in [1.54, 1.807) is 24.3 Å². The summed E-state index contributed by atoms with van der Waals surface area (Å²) in [5.74, 6) is 0.390. The van der Waals surface area contributed by atoms with Gasteiger partial charge in [-0.25, -0.2) is 0 Å². The molecule has 0 aliphatic carbocycles. The summed E-state index contributed by atoms with van der Waals surface area (Å²) in [7, 11) is 0. The predicted octanol–water partition coefficient (Wildman–Crippen LogP) is 3.84. The van der Waals surface area contributed by atoms with E-state index in [-0.39, 0.29) is 17.5 Å². The molecule has 0 radical (unpaired) electrons. The lowest BCUT2D eigenvalue weighted by molar-refractivity contribution is -0.0498. The number of halogens is 2. The first kappa shape index (κ1) is 15.3. The van der Waals surface area contributed by atoms with Gasteiger partial charge in [-0.1, -0.05) is 30.3 Å². The average Bonchev–Trinajstić information content (AvgIpc) is 2.46. The second kappa shape index (κ2) is 7.04. The van der Waals surface area contributed by atoms with E-state index in [0.717, 1.165) is 11.1 Å². The topological polar surface area (TPSA) is 41.5 Å². The molecule has 2 aromatic carbocycles. The largest absolute Gasteiger partial charge is 0.508 e. The number of nitrogens with one attached hydrogen (secondary N) is 1. The summed E-state index contributed by atoms with van der Waals surface area (Å²) in [5.41, 5.74) is 1.76. The van der Waals surface area contributed by atoms with Gasteiger partial charge in [-0.15, -0.1) is 0 Å². The highest BCUT2D eigenvalue weighted by molar-refractivity contribution is 5.34. The third-order valence-corrected chi connectivity index (χ3v) is 3.16. The van der Waals surface area contributed by atoms with Crippen LogP contribution in [0, 0.1) is 0 Å². The molecule has 0 heterocycles. The zero-order valence-corrected chi connectivity index (χ0v) is 11.6. The van der Waals surface area contributed by atoms with Crippen molar-refractivity contribution in [2.45, 2.75) is 26.1 Å². The molecule has 0 saturated carbocycles. The fourth-order valence-corrected chi connectivity index (χ4v) is 2.02. The van der Waals surface area contributed by atoms with E-state index >= 15 is 0 Å². The van der Waals surface area contributed by atoms with E-state index in [9.17, 15) is 13.9 Å². The quantitative estimate of drug-likeness (QED) is 0.850. The fourth-order valence-electron chi connectivity index (χ4n) is 2.02. The number of ether oxygens (including phenoxy) is 1. The number of phenolic OH excluding ortho intramolecular Hbond substituents is 1. The number of para-hydroxylation sites is 1. The zero-order valence-electron chi connectivity index (χ0n) is 11.6. The Labute approximate surface area is 122 Å². The molecule has 0 aliphatic rings. The number of hydrogen-bond acceptors (Lipinski definition) is 3. The average molecular weight is 293 g/mol. The molecule has 0 aliphatic heterocycles. The van der Waals surface area contributed by atoms with Crippen molar-refractivity contribution in [1.29, 1.82) is 0 Å². The van der Waals surface area contributed by atoms with Crippen LogP contribution in [0.15, 0.2) is 48.5 Å². The van der Waals surface area contributed by atoms with Crippen molar-refractivity contribution in [1.82, 2.24) is 5.32 Å². The predicted molar refractivity (Wildman–Crippen MR) is 76.4 cm³/mol. The van der Waals surface area contributed by atoms with Crippen molar-refractivity contribution in [3.63, 3.8) is 0 Å². The molecule has 2 rings (SSSR count). The molecule has 0 spiro atoms. The third-order valence-electron chi connectivity index (χ3n) is 3.16. The van der Waals surface area contributed by atoms with Gasteiger partial charge >= 0.3 is 6.61 Å². The fraction of sp³-hybridized carbons (Fsp3) is 0.250. The van der Waals surface area contributed by atoms with Crippen LogP contribution in [0.2, 0.25) is 0 Å². The van der Waals surface area contributed by atoms with Crippen molar-refractivity contribution < 1.29 is 18.6 Å². The maximum absolute atomic E-state index is 12.0. The zero-order chi connectivity index (χ0) is 15.2. The third kappa shape index (κ3) is 4.43. The first-order chi connectivity index (χ1) is 10.1. The summed E-state index contributed by atoms with van der Waals surface area (Å²) in [4.78, 5) is 0.